The Morgan fingerprint density at radius 3 is 2.74 bits per heavy atom. The van der Waals surface area contributed by atoms with Gasteiger partial charge >= 0.3 is 6.09 Å². The lowest BCUT2D eigenvalue weighted by Crippen LogP contribution is -2.27. The summed E-state index contributed by atoms with van der Waals surface area (Å²) < 4.78 is 5.16. The second-order valence-corrected chi connectivity index (χ2v) is 5.51. The second kappa shape index (κ2) is 6.44. The highest BCUT2D eigenvalue weighted by molar-refractivity contribution is 6.33. The van der Waals surface area contributed by atoms with Gasteiger partial charge in [-0.25, -0.2) is 4.79 Å². The van der Waals surface area contributed by atoms with Gasteiger partial charge in [0.05, 0.1) is 16.8 Å². The smallest absolute Gasteiger partial charge is 0.412 e. The number of benzene rings is 1. The summed E-state index contributed by atoms with van der Waals surface area (Å²) in [6, 6.07) is 7.36. The number of anilines is 1. The molecule has 0 atom stereocenters. The molecular formula is C14H17ClN2O2. The predicted molar refractivity (Wildman–Crippen MR) is 75.2 cm³/mol. The minimum absolute atomic E-state index is 0.424. The molecule has 0 unspecified atom stereocenters. The summed E-state index contributed by atoms with van der Waals surface area (Å²) in [5, 5.41) is 11.6. The minimum Gasteiger partial charge on any atom is -0.444 e. The molecule has 4 nitrogen and oxygen atoms in total. The lowest BCUT2D eigenvalue weighted by atomic mass is 10.1. The van der Waals surface area contributed by atoms with Crippen LogP contribution in [0, 0.1) is 11.3 Å². The van der Waals surface area contributed by atoms with Crippen molar-refractivity contribution in [3.05, 3.63) is 28.8 Å². The SMILES string of the molecule is CC(C)(C)OC(=O)Nc1cc(CCC#N)ccc1Cl. The number of carbonyl (C=O) groups excluding carboxylic acids is 1. The molecule has 0 radical (unpaired) electrons. The number of aryl methyl sites for hydroxylation is 1. The third kappa shape index (κ3) is 5.62. The summed E-state index contributed by atoms with van der Waals surface area (Å²) in [6.07, 6.45) is 0.497. The first-order valence-corrected chi connectivity index (χ1v) is 6.35. The maximum Gasteiger partial charge on any atom is 0.412 e. The Hall–Kier alpha value is -1.73. The number of carbonyl (C=O) groups is 1. The van der Waals surface area contributed by atoms with E-state index in [0.29, 0.717) is 23.6 Å². The highest BCUT2D eigenvalue weighted by atomic mass is 35.5. The van der Waals surface area contributed by atoms with Crippen LogP contribution in [-0.2, 0) is 11.2 Å². The van der Waals surface area contributed by atoms with Crippen LogP contribution in [0.4, 0.5) is 10.5 Å². The molecule has 0 aromatic heterocycles. The van der Waals surface area contributed by atoms with Crippen LogP contribution in [0.15, 0.2) is 18.2 Å². The molecule has 1 rings (SSSR count). The van der Waals surface area contributed by atoms with Gasteiger partial charge < -0.3 is 4.74 Å². The molecule has 0 aliphatic rings. The molecule has 0 saturated carbocycles. The predicted octanol–water partition coefficient (Wildman–Crippen LogP) is 4.14. The van der Waals surface area contributed by atoms with Crippen molar-refractivity contribution in [3.63, 3.8) is 0 Å². The molecule has 19 heavy (non-hydrogen) atoms. The van der Waals surface area contributed by atoms with Gasteiger partial charge in [-0.3, -0.25) is 5.32 Å². The number of nitrogens with one attached hydrogen (secondary N) is 1. The third-order valence-electron chi connectivity index (χ3n) is 2.19. The number of ether oxygens (including phenoxy) is 1. The van der Waals surface area contributed by atoms with Gasteiger partial charge in [0.25, 0.3) is 0 Å². The summed E-state index contributed by atoms with van der Waals surface area (Å²) in [7, 11) is 0. The van der Waals surface area contributed by atoms with Crippen LogP contribution >= 0.6 is 11.6 Å². The van der Waals surface area contributed by atoms with Gasteiger partial charge in [0.15, 0.2) is 0 Å². The van der Waals surface area contributed by atoms with E-state index < -0.39 is 11.7 Å². The Morgan fingerprint density at radius 1 is 1.47 bits per heavy atom. The van der Waals surface area contributed by atoms with E-state index in [4.69, 9.17) is 21.6 Å². The number of hydrogen-bond acceptors (Lipinski definition) is 3. The first-order chi connectivity index (χ1) is 8.81. The Balaban J connectivity index is 2.77. The van der Waals surface area contributed by atoms with Crippen molar-refractivity contribution in [1.29, 1.82) is 5.26 Å². The largest absolute Gasteiger partial charge is 0.444 e. The Bertz CT molecular complexity index is 501. The van der Waals surface area contributed by atoms with E-state index in [0.717, 1.165) is 5.56 Å². The van der Waals surface area contributed by atoms with Crippen molar-refractivity contribution < 1.29 is 9.53 Å². The molecular weight excluding hydrogens is 264 g/mol. The van der Waals surface area contributed by atoms with Crippen LogP contribution in [0.1, 0.15) is 32.8 Å². The lowest BCUT2D eigenvalue weighted by Gasteiger charge is -2.20. The Kier molecular flexibility index (Phi) is 5.20. The van der Waals surface area contributed by atoms with Crippen LogP contribution in [0.5, 0.6) is 0 Å². The Labute approximate surface area is 118 Å². The fraction of sp³-hybridized carbons (Fsp3) is 0.429. The maximum atomic E-state index is 11.7. The zero-order valence-electron chi connectivity index (χ0n) is 11.3. The fourth-order valence-corrected chi connectivity index (χ4v) is 1.60. The minimum atomic E-state index is -0.561. The number of nitrogens with zero attached hydrogens (tertiary/aromatic N) is 1. The van der Waals surface area contributed by atoms with Crippen LogP contribution in [0.3, 0.4) is 0 Å². The van der Waals surface area contributed by atoms with Crippen LogP contribution in [-0.4, -0.2) is 11.7 Å². The van der Waals surface area contributed by atoms with Gasteiger partial charge in [-0.1, -0.05) is 17.7 Å². The topological polar surface area (TPSA) is 62.1 Å². The van der Waals surface area contributed by atoms with Gasteiger partial charge in [-0.15, -0.1) is 0 Å². The van der Waals surface area contributed by atoms with Crippen molar-refractivity contribution in [2.45, 2.75) is 39.2 Å². The zero-order chi connectivity index (χ0) is 14.5. The number of rotatable bonds is 3. The standard InChI is InChI=1S/C14H17ClN2O2/c1-14(2,3)19-13(18)17-12-9-10(5-4-8-16)6-7-11(12)15/h6-7,9H,4-5H2,1-3H3,(H,17,18). The molecule has 1 aromatic carbocycles. The average molecular weight is 281 g/mol. The molecule has 5 heteroatoms. The van der Waals surface area contributed by atoms with Crippen LogP contribution < -0.4 is 5.32 Å². The fourth-order valence-electron chi connectivity index (χ4n) is 1.44. The van der Waals surface area contributed by atoms with Crippen LogP contribution in [0.2, 0.25) is 5.02 Å². The van der Waals surface area contributed by atoms with Crippen molar-refractivity contribution >= 4 is 23.4 Å². The summed E-state index contributed by atoms with van der Waals surface area (Å²) in [5.41, 5.74) is 0.873. The molecule has 0 spiro atoms. The molecule has 0 bridgehead atoms. The van der Waals surface area contributed by atoms with E-state index >= 15 is 0 Å². The molecule has 0 heterocycles. The molecule has 1 amide bonds. The van der Waals surface area contributed by atoms with Gasteiger partial charge in [-0.2, -0.15) is 5.26 Å². The van der Waals surface area contributed by atoms with E-state index in [-0.39, 0.29) is 0 Å². The highest BCUT2D eigenvalue weighted by Crippen LogP contribution is 2.24. The molecule has 0 aliphatic heterocycles. The van der Waals surface area contributed by atoms with Gasteiger partial charge in [0.2, 0.25) is 0 Å². The zero-order valence-corrected chi connectivity index (χ0v) is 12.0. The quantitative estimate of drug-likeness (QED) is 0.905. The van der Waals surface area contributed by atoms with E-state index in [1.165, 1.54) is 0 Å². The summed E-state index contributed by atoms with van der Waals surface area (Å²) in [6.45, 7) is 5.37. The lowest BCUT2D eigenvalue weighted by molar-refractivity contribution is 0.0636. The average Bonchev–Trinajstić information content (AvgIpc) is 2.27. The first kappa shape index (κ1) is 15.3. The molecule has 0 fully saturated rings. The summed E-state index contributed by atoms with van der Waals surface area (Å²) >= 11 is 6.01. The van der Waals surface area contributed by atoms with Crippen molar-refractivity contribution in [2.24, 2.45) is 0 Å². The summed E-state index contributed by atoms with van der Waals surface area (Å²) in [5.74, 6) is 0. The number of nitriles is 1. The number of amides is 1. The highest BCUT2D eigenvalue weighted by Gasteiger charge is 2.17. The van der Waals surface area contributed by atoms with Gasteiger partial charge in [0.1, 0.15) is 5.60 Å². The molecule has 1 N–H and O–H groups in total. The summed E-state index contributed by atoms with van der Waals surface area (Å²) in [4.78, 5) is 11.7. The van der Waals surface area contributed by atoms with Gasteiger partial charge in [-0.05, 0) is 44.9 Å². The number of hydrogen-bond donors (Lipinski definition) is 1. The second-order valence-electron chi connectivity index (χ2n) is 5.10. The molecule has 0 saturated heterocycles. The normalized spacial score (nSPS) is 10.7. The third-order valence-corrected chi connectivity index (χ3v) is 2.52. The monoisotopic (exact) mass is 280 g/mol. The first-order valence-electron chi connectivity index (χ1n) is 5.97. The number of halogens is 1. The molecule has 1 aromatic rings. The van der Waals surface area contributed by atoms with E-state index in [1.807, 2.05) is 6.07 Å². The molecule has 0 aliphatic carbocycles. The van der Waals surface area contributed by atoms with Crippen LogP contribution in [0.25, 0.3) is 0 Å². The molecule has 102 valence electrons. The van der Waals surface area contributed by atoms with E-state index in [1.54, 1.807) is 32.9 Å². The van der Waals surface area contributed by atoms with E-state index in [9.17, 15) is 4.79 Å². The van der Waals surface area contributed by atoms with Crippen molar-refractivity contribution in [2.75, 3.05) is 5.32 Å². The Morgan fingerprint density at radius 2 is 2.16 bits per heavy atom. The maximum absolute atomic E-state index is 11.7. The van der Waals surface area contributed by atoms with Gasteiger partial charge in [0, 0.05) is 6.42 Å². The van der Waals surface area contributed by atoms with E-state index in [2.05, 4.69) is 11.4 Å². The van der Waals surface area contributed by atoms with Crippen molar-refractivity contribution in [1.82, 2.24) is 0 Å². The van der Waals surface area contributed by atoms with Crippen molar-refractivity contribution in [3.8, 4) is 6.07 Å².